The highest BCUT2D eigenvalue weighted by Gasteiger charge is 2.19. The van der Waals surface area contributed by atoms with Gasteiger partial charge in [0.2, 0.25) is 0 Å². The molecular weight excluding hydrogens is 283 g/mol. The zero-order valence-electron chi connectivity index (χ0n) is 10.9. The minimum Gasteiger partial charge on any atom is -0.378 e. The Hall–Kier alpha value is -0.320. The highest BCUT2D eigenvalue weighted by molar-refractivity contribution is 6.35. The molecule has 3 nitrogen and oxygen atoms in total. The third kappa shape index (κ3) is 4.62. The molecule has 0 radical (unpaired) electrons. The van der Waals surface area contributed by atoms with Gasteiger partial charge in [-0.2, -0.15) is 0 Å². The average Bonchev–Trinajstić information content (AvgIpc) is 2.42. The molecule has 5 heteroatoms. The van der Waals surface area contributed by atoms with Crippen molar-refractivity contribution >= 4 is 23.2 Å². The van der Waals surface area contributed by atoms with Crippen LogP contribution < -0.4 is 11.3 Å². The molecule has 1 saturated heterocycles. The molecule has 0 amide bonds. The van der Waals surface area contributed by atoms with E-state index in [1.165, 1.54) is 12.8 Å². The van der Waals surface area contributed by atoms with Crippen molar-refractivity contribution in [2.45, 2.75) is 44.2 Å². The lowest BCUT2D eigenvalue weighted by atomic mass is 9.97. The van der Waals surface area contributed by atoms with Crippen LogP contribution in [0.4, 0.5) is 0 Å². The number of hydrazine groups is 1. The standard InChI is InChI=1S/C14H20Cl2N2O/c15-11-5-4-10(14(16)8-11)7-12(18-17)9-13-3-1-2-6-19-13/h4-5,8,12-13,18H,1-3,6-7,9,17H2. The maximum absolute atomic E-state index is 6.19. The molecular formula is C14H20Cl2N2O. The first-order valence-corrected chi connectivity index (χ1v) is 7.46. The summed E-state index contributed by atoms with van der Waals surface area (Å²) in [4.78, 5) is 0. The van der Waals surface area contributed by atoms with Gasteiger partial charge in [0.1, 0.15) is 0 Å². The predicted octanol–water partition coefficient (Wildman–Crippen LogP) is 3.33. The van der Waals surface area contributed by atoms with Crippen LogP contribution in [-0.2, 0) is 11.2 Å². The number of ether oxygens (including phenoxy) is 1. The lowest BCUT2D eigenvalue weighted by molar-refractivity contribution is 0.00524. The fourth-order valence-corrected chi connectivity index (χ4v) is 2.96. The van der Waals surface area contributed by atoms with Crippen LogP contribution in [0.5, 0.6) is 0 Å². The molecule has 1 aromatic carbocycles. The van der Waals surface area contributed by atoms with Crippen molar-refractivity contribution in [3.8, 4) is 0 Å². The summed E-state index contributed by atoms with van der Waals surface area (Å²) in [6.07, 6.45) is 5.53. The van der Waals surface area contributed by atoms with Crippen LogP contribution >= 0.6 is 23.2 Å². The topological polar surface area (TPSA) is 47.3 Å². The van der Waals surface area contributed by atoms with Gasteiger partial charge in [-0.05, 0) is 49.8 Å². The van der Waals surface area contributed by atoms with Crippen molar-refractivity contribution in [2.24, 2.45) is 5.84 Å². The molecule has 1 aliphatic heterocycles. The number of halogens is 2. The van der Waals surface area contributed by atoms with Gasteiger partial charge in [0.25, 0.3) is 0 Å². The molecule has 19 heavy (non-hydrogen) atoms. The summed E-state index contributed by atoms with van der Waals surface area (Å²) < 4.78 is 5.75. The van der Waals surface area contributed by atoms with Crippen LogP contribution in [0.25, 0.3) is 0 Å². The van der Waals surface area contributed by atoms with E-state index in [-0.39, 0.29) is 6.04 Å². The summed E-state index contributed by atoms with van der Waals surface area (Å²) >= 11 is 12.1. The van der Waals surface area contributed by atoms with E-state index in [2.05, 4.69) is 5.43 Å². The Kier molecular flexibility index (Phi) is 5.92. The monoisotopic (exact) mass is 302 g/mol. The van der Waals surface area contributed by atoms with Crippen LogP contribution in [0.1, 0.15) is 31.2 Å². The molecule has 106 valence electrons. The van der Waals surface area contributed by atoms with Gasteiger partial charge >= 0.3 is 0 Å². The molecule has 2 rings (SSSR count). The Bertz CT molecular complexity index is 408. The third-order valence-electron chi connectivity index (χ3n) is 3.54. The highest BCUT2D eigenvalue weighted by atomic mass is 35.5. The molecule has 0 aliphatic carbocycles. The Morgan fingerprint density at radius 3 is 2.84 bits per heavy atom. The lowest BCUT2D eigenvalue weighted by Gasteiger charge is -2.27. The van der Waals surface area contributed by atoms with Crippen LogP contribution in [0, 0.1) is 0 Å². The fraction of sp³-hybridized carbons (Fsp3) is 0.571. The van der Waals surface area contributed by atoms with Crippen molar-refractivity contribution in [1.82, 2.24) is 5.43 Å². The normalized spacial score (nSPS) is 21.3. The number of rotatable bonds is 5. The molecule has 0 spiro atoms. The lowest BCUT2D eigenvalue weighted by Crippen LogP contribution is -2.40. The van der Waals surface area contributed by atoms with Gasteiger partial charge < -0.3 is 4.74 Å². The molecule has 1 fully saturated rings. The first-order chi connectivity index (χ1) is 9.19. The Balaban J connectivity index is 1.94. The van der Waals surface area contributed by atoms with Gasteiger partial charge in [-0.15, -0.1) is 0 Å². The van der Waals surface area contributed by atoms with Crippen molar-refractivity contribution in [3.63, 3.8) is 0 Å². The number of hydrogen-bond acceptors (Lipinski definition) is 3. The first-order valence-electron chi connectivity index (χ1n) is 6.70. The predicted molar refractivity (Wildman–Crippen MR) is 79.5 cm³/mol. The van der Waals surface area contributed by atoms with Gasteiger partial charge in [-0.3, -0.25) is 11.3 Å². The molecule has 0 aromatic heterocycles. The second kappa shape index (κ2) is 7.46. The largest absolute Gasteiger partial charge is 0.378 e. The van der Waals surface area contributed by atoms with Crippen molar-refractivity contribution < 1.29 is 4.74 Å². The Labute approximate surface area is 124 Å². The molecule has 2 atom stereocenters. The fourth-order valence-electron chi connectivity index (χ4n) is 2.47. The van der Waals surface area contributed by atoms with Gasteiger partial charge in [0, 0.05) is 22.7 Å². The second-order valence-corrected chi connectivity index (χ2v) is 5.87. The van der Waals surface area contributed by atoms with E-state index in [0.29, 0.717) is 16.1 Å². The van der Waals surface area contributed by atoms with Gasteiger partial charge in [-0.1, -0.05) is 29.3 Å². The number of benzene rings is 1. The van der Waals surface area contributed by atoms with E-state index >= 15 is 0 Å². The van der Waals surface area contributed by atoms with E-state index in [1.54, 1.807) is 6.07 Å². The third-order valence-corrected chi connectivity index (χ3v) is 4.13. The SMILES string of the molecule is NNC(Cc1ccc(Cl)cc1Cl)CC1CCCCO1. The Morgan fingerprint density at radius 2 is 2.21 bits per heavy atom. The maximum atomic E-state index is 6.19. The van der Waals surface area contributed by atoms with E-state index < -0.39 is 0 Å². The molecule has 1 heterocycles. The number of nitrogens with one attached hydrogen (secondary N) is 1. The highest BCUT2D eigenvalue weighted by Crippen LogP contribution is 2.24. The zero-order valence-corrected chi connectivity index (χ0v) is 12.4. The summed E-state index contributed by atoms with van der Waals surface area (Å²) in [6, 6.07) is 5.75. The summed E-state index contributed by atoms with van der Waals surface area (Å²) in [5.74, 6) is 5.64. The first kappa shape index (κ1) is 15.1. The average molecular weight is 303 g/mol. The molecule has 2 unspecified atom stereocenters. The molecule has 3 N–H and O–H groups in total. The van der Waals surface area contributed by atoms with E-state index in [4.69, 9.17) is 33.8 Å². The van der Waals surface area contributed by atoms with Crippen molar-refractivity contribution in [2.75, 3.05) is 6.61 Å². The van der Waals surface area contributed by atoms with Crippen LogP contribution in [-0.4, -0.2) is 18.8 Å². The second-order valence-electron chi connectivity index (χ2n) is 5.03. The smallest absolute Gasteiger partial charge is 0.0590 e. The van der Waals surface area contributed by atoms with E-state index in [9.17, 15) is 0 Å². The summed E-state index contributed by atoms with van der Waals surface area (Å²) in [5, 5.41) is 1.35. The molecule has 0 saturated carbocycles. The molecule has 0 bridgehead atoms. The van der Waals surface area contributed by atoms with E-state index in [1.807, 2.05) is 12.1 Å². The molecule has 1 aromatic rings. The van der Waals surface area contributed by atoms with Gasteiger partial charge in [0.15, 0.2) is 0 Å². The van der Waals surface area contributed by atoms with Gasteiger partial charge in [-0.25, -0.2) is 0 Å². The quantitative estimate of drug-likeness (QED) is 0.648. The summed E-state index contributed by atoms with van der Waals surface area (Å²) in [6.45, 7) is 0.865. The zero-order chi connectivity index (χ0) is 13.7. The van der Waals surface area contributed by atoms with Crippen molar-refractivity contribution in [3.05, 3.63) is 33.8 Å². The van der Waals surface area contributed by atoms with Crippen LogP contribution in [0.15, 0.2) is 18.2 Å². The summed E-state index contributed by atoms with van der Waals surface area (Å²) in [5.41, 5.74) is 3.93. The van der Waals surface area contributed by atoms with Gasteiger partial charge in [0.05, 0.1) is 6.10 Å². The Morgan fingerprint density at radius 1 is 1.37 bits per heavy atom. The van der Waals surface area contributed by atoms with Crippen LogP contribution in [0.3, 0.4) is 0 Å². The summed E-state index contributed by atoms with van der Waals surface area (Å²) in [7, 11) is 0. The minimum atomic E-state index is 0.168. The number of nitrogens with two attached hydrogens (primary N) is 1. The maximum Gasteiger partial charge on any atom is 0.0590 e. The molecule has 1 aliphatic rings. The minimum absolute atomic E-state index is 0.168. The number of hydrogen-bond donors (Lipinski definition) is 2. The van der Waals surface area contributed by atoms with E-state index in [0.717, 1.165) is 31.4 Å². The van der Waals surface area contributed by atoms with Crippen molar-refractivity contribution in [1.29, 1.82) is 0 Å². The van der Waals surface area contributed by atoms with Crippen LogP contribution in [0.2, 0.25) is 10.0 Å².